The third-order valence-corrected chi connectivity index (χ3v) is 3.38. The van der Waals surface area contributed by atoms with Crippen LogP contribution in [0.4, 0.5) is 10.1 Å². The molecule has 1 aromatic heterocycles. The summed E-state index contributed by atoms with van der Waals surface area (Å²) in [7, 11) is 1.47. The molecule has 0 spiro atoms. The minimum atomic E-state index is -0.393. The highest BCUT2D eigenvalue weighted by Crippen LogP contribution is 2.39. The van der Waals surface area contributed by atoms with E-state index in [1.807, 2.05) is 6.07 Å². The molecule has 3 nitrogen and oxygen atoms in total. The Bertz CT molecular complexity index is 601. The summed E-state index contributed by atoms with van der Waals surface area (Å²) in [6.07, 6.45) is 0. The molecule has 0 aliphatic rings. The van der Waals surface area contributed by atoms with Crippen molar-refractivity contribution >= 4 is 17.0 Å². The topological polar surface area (TPSA) is 59.0 Å². The number of methoxy groups -OCH3 is 1. The minimum absolute atomic E-state index is 0.341. The zero-order valence-electron chi connectivity index (χ0n) is 9.03. The molecule has 0 bridgehead atoms. The van der Waals surface area contributed by atoms with Crippen molar-refractivity contribution in [2.75, 3.05) is 12.8 Å². The first kappa shape index (κ1) is 11.4. The number of hydrogen-bond donors (Lipinski definition) is 1. The van der Waals surface area contributed by atoms with Crippen molar-refractivity contribution in [3.8, 4) is 22.3 Å². The van der Waals surface area contributed by atoms with Gasteiger partial charge in [0.2, 0.25) is 0 Å². The summed E-state index contributed by atoms with van der Waals surface area (Å²) in [5, 5.41) is 8.83. The second-order valence-corrected chi connectivity index (χ2v) is 4.38. The highest BCUT2D eigenvalue weighted by Gasteiger charge is 2.15. The van der Waals surface area contributed by atoms with Gasteiger partial charge in [0, 0.05) is 4.88 Å². The standard InChI is InChI=1S/C12H9FN2OS/c1-16-9-4-2-3-7(13)12(9)10-5-8(15)11(6-14)17-10/h2-5H,15H2,1H3. The summed E-state index contributed by atoms with van der Waals surface area (Å²) in [6, 6.07) is 8.14. The van der Waals surface area contributed by atoms with E-state index in [9.17, 15) is 4.39 Å². The quantitative estimate of drug-likeness (QED) is 0.888. The van der Waals surface area contributed by atoms with Crippen LogP contribution in [0.1, 0.15) is 4.88 Å². The third kappa shape index (κ3) is 1.95. The Hall–Kier alpha value is -2.06. The van der Waals surface area contributed by atoms with Crippen molar-refractivity contribution in [1.82, 2.24) is 0 Å². The molecular weight excluding hydrogens is 239 g/mol. The highest BCUT2D eigenvalue weighted by atomic mass is 32.1. The number of nitrogens with zero attached hydrogens (tertiary/aromatic N) is 1. The van der Waals surface area contributed by atoms with Crippen LogP contribution in [-0.2, 0) is 0 Å². The maximum absolute atomic E-state index is 13.8. The molecule has 0 aliphatic carbocycles. The second kappa shape index (κ2) is 4.44. The van der Waals surface area contributed by atoms with E-state index in [-0.39, 0.29) is 0 Å². The molecule has 0 unspecified atom stereocenters. The summed E-state index contributed by atoms with van der Waals surface area (Å²) in [5.74, 6) is 0.0332. The second-order valence-electron chi connectivity index (χ2n) is 3.32. The Kier molecular flexibility index (Phi) is 2.98. The first-order valence-corrected chi connectivity index (χ1v) is 5.61. The summed E-state index contributed by atoms with van der Waals surface area (Å²) in [4.78, 5) is 0.972. The zero-order chi connectivity index (χ0) is 12.4. The number of nitriles is 1. The van der Waals surface area contributed by atoms with Crippen LogP contribution in [0.2, 0.25) is 0 Å². The van der Waals surface area contributed by atoms with Gasteiger partial charge in [0.25, 0.3) is 0 Å². The van der Waals surface area contributed by atoms with Gasteiger partial charge in [-0.2, -0.15) is 5.26 Å². The first-order valence-electron chi connectivity index (χ1n) is 4.79. The molecule has 0 atom stereocenters. The van der Waals surface area contributed by atoms with Gasteiger partial charge in [-0.25, -0.2) is 4.39 Å². The molecule has 17 heavy (non-hydrogen) atoms. The van der Waals surface area contributed by atoms with Crippen molar-refractivity contribution in [1.29, 1.82) is 5.26 Å². The average Bonchev–Trinajstić information content (AvgIpc) is 2.69. The lowest BCUT2D eigenvalue weighted by molar-refractivity contribution is 0.413. The van der Waals surface area contributed by atoms with Crippen LogP contribution in [0.3, 0.4) is 0 Å². The maximum atomic E-state index is 13.8. The van der Waals surface area contributed by atoms with E-state index in [0.717, 1.165) is 11.3 Å². The fraction of sp³-hybridized carbons (Fsp3) is 0.0833. The van der Waals surface area contributed by atoms with Crippen molar-refractivity contribution in [3.05, 3.63) is 35.0 Å². The largest absolute Gasteiger partial charge is 0.496 e. The summed E-state index contributed by atoms with van der Waals surface area (Å²) < 4.78 is 18.9. The number of hydrogen-bond acceptors (Lipinski definition) is 4. The van der Waals surface area contributed by atoms with Crippen LogP contribution in [-0.4, -0.2) is 7.11 Å². The Morgan fingerprint density at radius 3 is 2.82 bits per heavy atom. The molecule has 0 saturated carbocycles. The molecule has 2 aromatic rings. The molecular formula is C12H9FN2OS. The molecule has 0 radical (unpaired) electrons. The van der Waals surface area contributed by atoms with Gasteiger partial charge < -0.3 is 10.5 Å². The number of halogens is 1. The van der Waals surface area contributed by atoms with Gasteiger partial charge in [-0.1, -0.05) is 6.07 Å². The normalized spacial score (nSPS) is 9.94. The monoisotopic (exact) mass is 248 g/mol. The van der Waals surface area contributed by atoms with Crippen molar-refractivity contribution in [2.45, 2.75) is 0 Å². The van der Waals surface area contributed by atoms with E-state index in [2.05, 4.69) is 0 Å². The molecule has 2 N–H and O–H groups in total. The predicted octanol–water partition coefficient (Wildman–Crippen LogP) is 3.02. The van der Waals surface area contributed by atoms with Gasteiger partial charge in [-0.15, -0.1) is 11.3 Å². The van der Waals surface area contributed by atoms with E-state index in [0.29, 0.717) is 26.8 Å². The smallest absolute Gasteiger partial charge is 0.135 e. The van der Waals surface area contributed by atoms with Gasteiger partial charge in [0.05, 0.1) is 18.4 Å². The fourth-order valence-corrected chi connectivity index (χ4v) is 2.46. The lowest BCUT2D eigenvalue weighted by Crippen LogP contribution is -1.89. The van der Waals surface area contributed by atoms with Crippen LogP contribution < -0.4 is 10.5 Å². The van der Waals surface area contributed by atoms with Gasteiger partial charge in [0.15, 0.2) is 0 Å². The van der Waals surface area contributed by atoms with Crippen molar-refractivity contribution in [3.63, 3.8) is 0 Å². The molecule has 1 heterocycles. The molecule has 86 valence electrons. The molecule has 5 heteroatoms. The predicted molar refractivity (Wildman–Crippen MR) is 65.4 cm³/mol. The Morgan fingerprint density at radius 1 is 1.47 bits per heavy atom. The third-order valence-electron chi connectivity index (χ3n) is 2.30. The van der Waals surface area contributed by atoms with Crippen LogP contribution >= 0.6 is 11.3 Å². The van der Waals surface area contributed by atoms with Crippen molar-refractivity contribution < 1.29 is 9.13 Å². The first-order chi connectivity index (χ1) is 8.17. The lowest BCUT2D eigenvalue weighted by atomic mass is 10.1. The number of nitrogens with two attached hydrogens (primary N) is 1. The Labute approximate surface area is 102 Å². The van der Waals surface area contributed by atoms with Gasteiger partial charge in [-0.05, 0) is 18.2 Å². The SMILES string of the molecule is COc1cccc(F)c1-c1cc(N)c(C#N)s1. The Morgan fingerprint density at radius 2 is 2.24 bits per heavy atom. The molecule has 0 aliphatic heterocycles. The maximum Gasteiger partial charge on any atom is 0.135 e. The van der Waals surface area contributed by atoms with E-state index in [4.69, 9.17) is 15.7 Å². The van der Waals surface area contributed by atoms with Gasteiger partial charge in [-0.3, -0.25) is 0 Å². The van der Waals surface area contributed by atoms with Gasteiger partial charge >= 0.3 is 0 Å². The van der Waals surface area contributed by atoms with E-state index < -0.39 is 5.82 Å². The number of anilines is 1. The summed E-state index contributed by atoms with van der Waals surface area (Å²) >= 11 is 1.15. The van der Waals surface area contributed by atoms with Crippen molar-refractivity contribution in [2.24, 2.45) is 0 Å². The summed E-state index contributed by atoms with van der Waals surface area (Å²) in [6.45, 7) is 0. The lowest BCUT2D eigenvalue weighted by Gasteiger charge is -2.06. The van der Waals surface area contributed by atoms with E-state index in [1.165, 1.54) is 13.2 Å². The number of thiophene rings is 1. The molecule has 0 fully saturated rings. The zero-order valence-corrected chi connectivity index (χ0v) is 9.84. The summed E-state index contributed by atoms with van der Waals surface area (Å²) in [5.41, 5.74) is 6.36. The highest BCUT2D eigenvalue weighted by molar-refractivity contribution is 7.16. The van der Waals surface area contributed by atoms with E-state index >= 15 is 0 Å². The van der Waals surface area contributed by atoms with Crippen LogP contribution in [0.25, 0.3) is 10.4 Å². The average molecular weight is 248 g/mol. The van der Waals surface area contributed by atoms with Crippen LogP contribution in [0.5, 0.6) is 5.75 Å². The van der Waals surface area contributed by atoms with Crippen LogP contribution in [0.15, 0.2) is 24.3 Å². The molecule has 0 amide bonds. The van der Waals surface area contributed by atoms with Crippen LogP contribution in [0, 0.1) is 17.1 Å². The van der Waals surface area contributed by atoms with E-state index in [1.54, 1.807) is 18.2 Å². The number of ether oxygens (including phenoxy) is 1. The number of benzene rings is 1. The Balaban J connectivity index is 2.64. The minimum Gasteiger partial charge on any atom is -0.496 e. The number of nitrogen functional groups attached to an aromatic ring is 1. The fourth-order valence-electron chi connectivity index (χ4n) is 1.53. The number of rotatable bonds is 2. The molecule has 1 aromatic carbocycles. The van der Waals surface area contributed by atoms with Gasteiger partial charge in [0.1, 0.15) is 22.5 Å². The molecule has 2 rings (SSSR count). The molecule has 0 saturated heterocycles.